The van der Waals surface area contributed by atoms with Gasteiger partial charge in [-0.3, -0.25) is 0 Å². The lowest BCUT2D eigenvalue weighted by atomic mass is 10.1. The minimum atomic E-state index is 0.788. The normalized spacial score (nSPS) is 17.1. The third kappa shape index (κ3) is 4.36. The summed E-state index contributed by atoms with van der Waals surface area (Å²) in [5, 5.41) is 4.08. The number of rotatable bonds is 4. The van der Waals surface area contributed by atoms with E-state index in [9.17, 15) is 0 Å². The fourth-order valence-corrected chi connectivity index (χ4v) is 2.84. The summed E-state index contributed by atoms with van der Waals surface area (Å²) in [6, 6.07) is 2.05. The Morgan fingerprint density at radius 3 is 2.53 bits per heavy atom. The molecular weight excluding hydrogens is 258 g/mol. The molecule has 2 rings (SSSR count). The molecule has 0 saturated carbocycles. The Morgan fingerprint density at radius 1 is 1.21 bits per heavy atom. The lowest BCUT2D eigenvalue weighted by Crippen LogP contribution is -2.28. The van der Waals surface area contributed by atoms with Gasteiger partial charge in [0.2, 0.25) is 0 Å². The first-order valence-electron chi connectivity index (χ1n) is 7.41. The molecule has 1 saturated heterocycles. The highest BCUT2D eigenvalue weighted by atomic mass is 35.5. The monoisotopic (exact) mass is 281 g/mol. The Kier molecular flexibility index (Phi) is 5.93. The highest BCUT2D eigenvalue weighted by Gasteiger charge is 2.13. The van der Waals surface area contributed by atoms with E-state index in [1.165, 1.54) is 32.1 Å². The van der Waals surface area contributed by atoms with E-state index in [4.69, 9.17) is 11.6 Å². The largest absolute Gasteiger partial charge is 0.355 e. The second kappa shape index (κ2) is 7.71. The maximum Gasteiger partial charge on any atom is 0.147 e. The van der Waals surface area contributed by atoms with Crippen LogP contribution < -0.4 is 10.2 Å². The van der Waals surface area contributed by atoms with Crippen molar-refractivity contribution in [2.45, 2.75) is 45.6 Å². The van der Waals surface area contributed by atoms with Crippen molar-refractivity contribution in [1.82, 2.24) is 10.3 Å². The molecule has 106 valence electrons. The van der Waals surface area contributed by atoms with Crippen molar-refractivity contribution in [2.24, 2.45) is 0 Å². The van der Waals surface area contributed by atoms with E-state index < -0.39 is 0 Å². The predicted molar refractivity (Wildman–Crippen MR) is 81.9 cm³/mol. The van der Waals surface area contributed by atoms with E-state index in [-0.39, 0.29) is 0 Å². The molecule has 1 aliphatic heterocycles. The van der Waals surface area contributed by atoms with Gasteiger partial charge in [-0.05, 0) is 31.0 Å². The van der Waals surface area contributed by atoms with Gasteiger partial charge >= 0.3 is 0 Å². The molecule has 0 spiro atoms. The van der Waals surface area contributed by atoms with Crippen LogP contribution in [0.4, 0.5) is 5.82 Å². The van der Waals surface area contributed by atoms with Gasteiger partial charge in [-0.2, -0.15) is 0 Å². The van der Waals surface area contributed by atoms with Crippen LogP contribution in [0.5, 0.6) is 0 Å². The molecule has 0 radical (unpaired) electrons. The number of pyridine rings is 1. The lowest BCUT2D eigenvalue weighted by Gasteiger charge is -2.26. The van der Waals surface area contributed by atoms with Gasteiger partial charge in [0, 0.05) is 25.8 Å². The molecule has 19 heavy (non-hydrogen) atoms. The van der Waals surface area contributed by atoms with E-state index in [0.29, 0.717) is 0 Å². The first kappa shape index (κ1) is 14.6. The quantitative estimate of drug-likeness (QED) is 0.914. The third-order valence-electron chi connectivity index (χ3n) is 3.61. The maximum atomic E-state index is 6.40. The van der Waals surface area contributed by atoms with Crippen LogP contribution in [0.3, 0.4) is 0 Å². The summed E-state index contributed by atoms with van der Waals surface area (Å²) in [5.74, 6) is 0.962. The van der Waals surface area contributed by atoms with Gasteiger partial charge in [0.25, 0.3) is 0 Å². The summed E-state index contributed by atoms with van der Waals surface area (Å²) in [5.41, 5.74) is 1.16. The topological polar surface area (TPSA) is 28.2 Å². The fraction of sp³-hybridized carbons (Fsp3) is 0.667. The van der Waals surface area contributed by atoms with Gasteiger partial charge < -0.3 is 10.2 Å². The van der Waals surface area contributed by atoms with Crippen molar-refractivity contribution < 1.29 is 0 Å². The van der Waals surface area contributed by atoms with E-state index in [1.54, 1.807) is 0 Å². The van der Waals surface area contributed by atoms with Gasteiger partial charge in [0.15, 0.2) is 0 Å². The van der Waals surface area contributed by atoms with Crippen molar-refractivity contribution in [3.05, 3.63) is 22.8 Å². The molecule has 1 aliphatic rings. The molecule has 1 aromatic heterocycles. The van der Waals surface area contributed by atoms with Gasteiger partial charge in [0.1, 0.15) is 5.82 Å². The van der Waals surface area contributed by atoms with E-state index in [1.807, 2.05) is 12.3 Å². The Labute approximate surface area is 121 Å². The van der Waals surface area contributed by atoms with Gasteiger partial charge in [-0.15, -0.1) is 0 Å². The van der Waals surface area contributed by atoms with Crippen molar-refractivity contribution >= 4 is 17.4 Å². The fourth-order valence-electron chi connectivity index (χ4n) is 2.53. The molecule has 4 heteroatoms. The van der Waals surface area contributed by atoms with Crippen LogP contribution in [-0.4, -0.2) is 24.6 Å². The number of nitrogens with one attached hydrogen (secondary N) is 1. The number of aromatic nitrogens is 1. The molecule has 3 nitrogen and oxygen atoms in total. The second-order valence-electron chi connectivity index (χ2n) is 5.18. The molecule has 2 heterocycles. The van der Waals surface area contributed by atoms with Gasteiger partial charge in [0.05, 0.1) is 5.02 Å². The van der Waals surface area contributed by atoms with Crippen LogP contribution in [0.2, 0.25) is 5.02 Å². The van der Waals surface area contributed by atoms with Crippen LogP contribution in [0.25, 0.3) is 0 Å². The summed E-state index contributed by atoms with van der Waals surface area (Å²) in [6.45, 7) is 6.07. The molecule has 1 fully saturated rings. The van der Waals surface area contributed by atoms with Gasteiger partial charge in [-0.25, -0.2) is 4.98 Å². The average Bonchev–Trinajstić information content (AvgIpc) is 2.37. The van der Waals surface area contributed by atoms with E-state index in [0.717, 1.165) is 42.6 Å². The first-order chi connectivity index (χ1) is 9.31. The zero-order chi connectivity index (χ0) is 13.5. The first-order valence-corrected chi connectivity index (χ1v) is 7.79. The van der Waals surface area contributed by atoms with Crippen molar-refractivity contribution in [2.75, 3.05) is 24.5 Å². The summed E-state index contributed by atoms with van der Waals surface area (Å²) in [4.78, 5) is 6.93. The van der Waals surface area contributed by atoms with Gasteiger partial charge in [-0.1, -0.05) is 37.8 Å². The zero-order valence-corrected chi connectivity index (χ0v) is 12.5. The lowest BCUT2D eigenvalue weighted by molar-refractivity contribution is 0.553. The van der Waals surface area contributed by atoms with Crippen molar-refractivity contribution in [3.63, 3.8) is 0 Å². The summed E-state index contributed by atoms with van der Waals surface area (Å²) in [6.07, 6.45) is 8.47. The molecule has 0 aromatic carbocycles. The molecule has 0 aliphatic carbocycles. The number of hydrogen-bond acceptors (Lipinski definition) is 3. The second-order valence-corrected chi connectivity index (χ2v) is 5.59. The highest BCUT2D eigenvalue weighted by Crippen LogP contribution is 2.26. The van der Waals surface area contributed by atoms with Crippen LogP contribution in [0.1, 0.15) is 44.6 Å². The molecule has 0 amide bonds. The van der Waals surface area contributed by atoms with E-state index in [2.05, 4.69) is 22.1 Å². The number of anilines is 1. The standard InChI is InChI=1S/C15H24ClN3/c1-2-17-11-13-10-14(16)15(18-12-13)19-8-6-4-3-5-7-9-19/h10,12,17H,2-9,11H2,1H3. The number of hydrogen-bond donors (Lipinski definition) is 1. The molecule has 1 aromatic rings. The third-order valence-corrected chi connectivity index (χ3v) is 3.89. The van der Waals surface area contributed by atoms with Crippen LogP contribution >= 0.6 is 11.6 Å². The number of nitrogens with zero attached hydrogens (tertiary/aromatic N) is 2. The smallest absolute Gasteiger partial charge is 0.147 e. The Morgan fingerprint density at radius 2 is 1.89 bits per heavy atom. The molecule has 0 bridgehead atoms. The predicted octanol–water partition coefficient (Wildman–Crippen LogP) is 3.62. The molecule has 0 unspecified atom stereocenters. The summed E-state index contributed by atoms with van der Waals surface area (Å²) < 4.78 is 0. The minimum Gasteiger partial charge on any atom is -0.355 e. The van der Waals surface area contributed by atoms with Crippen molar-refractivity contribution in [1.29, 1.82) is 0 Å². The number of halogens is 1. The molecule has 1 N–H and O–H groups in total. The zero-order valence-electron chi connectivity index (χ0n) is 11.8. The average molecular weight is 282 g/mol. The molecule has 0 atom stereocenters. The Bertz CT molecular complexity index is 387. The van der Waals surface area contributed by atoms with E-state index >= 15 is 0 Å². The van der Waals surface area contributed by atoms with Crippen LogP contribution in [-0.2, 0) is 6.54 Å². The highest BCUT2D eigenvalue weighted by molar-refractivity contribution is 6.33. The van der Waals surface area contributed by atoms with Crippen LogP contribution in [0, 0.1) is 0 Å². The minimum absolute atomic E-state index is 0.788. The maximum absolute atomic E-state index is 6.40. The Balaban J connectivity index is 2.05. The summed E-state index contributed by atoms with van der Waals surface area (Å²) in [7, 11) is 0. The Hall–Kier alpha value is -0.800. The SMILES string of the molecule is CCNCc1cnc(N2CCCCCCC2)c(Cl)c1. The summed E-state index contributed by atoms with van der Waals surface area (Å²) >= 11 is 6.40. The molecular formula is C15H24ClN3. The van der Waals surface area contributed by atoms with Crippen molar-refractivity contribution in [3.8, 4) is 0 Å². The van der Waals surface area contributed by atoms with Crippen LogP contribution in [0.15, 0.2) is 12.3 Å².